The monoisotopic (exact) mass is 193 g/mol. The number of aromatic amines is 1. The lowest BCUT2D eigenvalue weighted by Crippen LogP contribution is -2.03. The fourth-order valence-corrected chi connectivity index (χ4v) is 1.25. The van der Waals surface area contributed by atoms with E-state index in [1.807, 2.05) is 19.3 Å². The molecule has 2 N–H and O–H groups in total. The average Bonchev–Trinajstić information content (AvgIpc) is 2.75. The lowest BCUT2D eigenvalue weighted by Gasteiger charge is -2.03. The van der Waals surface area contributed by atoms with E-state index in [1.54, 1.807) is 4.68 Å². The zero-order chi connectivity index (χ0) is 9.97. The molecule has 1 unspecified atom stereocenters. The van der Waals surface area contributed by atoms with E-state index in [1.165, 1.54) is 6.20 Å². The third kappa shape index (κ3) is 1.80. The average molecular weight is 193 g/mol. The summed E-state index contributed by atoms with van der Waals surface area (Å²) in [5.74, 6) is 0. The first kappa shape index (κ1) is 8.89. The lowest BCUT2D eigenvalue weighted by molar-refractivity contribution is 0.172. The smallest absolute Gasteiger partial charge is 0.111 e. The Hall–Kier alpha value is -1.69. The summed E-state index contributed by atoms with van der Waals surface area (Å²) in [5, 5.41) is 23.7. The van der Waals surface area contributed by atoms with Gasteiger partial charge < -0.3 is 5.11 Å². The Bertz CT molecular complexity index is 394. The second-order valence-electron chi connectivity index (χ2n) is 3.10. The number of H-pyrrole nitrogens is 1. The summed E-state index contributed by atoms with van der Waals surface area (Å²) in [4.78, 5) is 0. The van der Waals surface area contributed by atoms with Gasteiger partial charge in [-0.2, -0.15) is 20.5 Å². The zero-order valence-corrected chi connectivity index (χ0v) is 7.75. The van der Waals surface area contributed by atoms with Crippen LogP contribution in [-0.2, 0) is 13.5 Å². The van der Waals surface area contributed by atoms with Crippen molar-refractivity contribution < 1.29 is 5.11 Å². The second kappa shape index (κ2) is 3.59. The third-order valence-corrected chi connectivity index (χ3v) is 1.95. The molecule has 0 amide bonds. The first-order valence-electron chi connectivity index (χ1n) is 4.28. The normalized spacial score (nSPS) is 13.0. The van der Waals surface area contributed by atoms with Crippen molar-refractivity contribution in [1.82, 2.24) is 25.2 Å². The predicted molar refractivity (Wildman–Crippen MR) is 48.3 cm³/mol. The van der Waals surface area contributed by atoms with Gasteiger partial charge in [0.2, 0.25) is 0 Å². The summed E-state index contributed by atoms with van der Waals surface area (Å²) in [7, 11) is 1.84. The van der Waals surface area contributed by atoms with Gasteiger partial charge in [-0.1, -0.05) is 0 Å². The van der Waals surface area contributed by atoms with Gasteiger partial charge in [0.05, 0.1) is 11.9 Å². The molecule has 0 saturated heterocycles. The highest BCUT2D eigenvalue weighted by Gasteiger charge is 2.12. The summed E-state index contributed by atoms with van der Waals surface area (Å²) < 4.78 is 1.70. The number of aliphatic hydroxyl groups excluding tert-OH is 1. The molecule has 0 bridgehead atoms. The topological polar surface area (TPSA) is 79.6 Å². The Morgan fingerprint density at radius 1 is 1.64 bits per heavy atom. The molecule has 0 saturated carbocycles. The number of aryl methyl sites for hydroxylation is 1. The summed E-state index contributed by atoms with van der Waals surface area (Å²) in [6, 6.07) is 1.86. The molecule has 14 heavy (non-hydrogen) atoms. The highest BCUT2D eigenvalue weighted by molar-refractivity contribution is 5.05. The highest BCUT2D eigenvalue weighted by atomic mass is 16.3. The molecule has 1 atom stereocenters. The molecule has 2 aromatic heterocycles. The molecular weight excluding hydrogens is 182 g/mol. The van der Waals surface area contributed by atoms with Crippen LogP contribution in [0, 0.1) is 0 Å². The number of aromatic nitrogens is 5. The molecule has 0 fully saturated rings. The number of aliphatic hydroxyl groups is 1. The minimum Gasteiger partial charge on any atom is -0.386 e. The van der Waals surface area contributed by atoms with Crippen molar-refractivity contribution in [1.29, 1.82) is 0 Å². The Kier molecular flexibility index (Phi) is 2.28. The second-order valence-corrected chi connectivity index (χ2v) is 3.10. The first-order chi connectivity index (χ1) is 6.75. The van der Waals surface area contributed by atoms with Crippen LogP contribution < -0.4 is 0 Å². The summed E-state index contributed by atoms with van der Waals surface area (Å²) in [6.45, 7) is 0. The lowest BCUT2D eigenvalue weighted by atomic mass is 10.1. The summed E-state index contributed by atoms with van der Waals surface area (Å²) in [5.41, 5.74) is 1.37. The van der Waals surface area contributed by atoms with Crippen LogP contribution in [0.1, 0.15) is 17.5 Å². The van der Waals surface area contributed by atoms with E-state index in [4.69, 9.17) is 0 Å². The Morgan fingerprint density at radius 3 is 3.07 bits per heavy atom. The van der Waals surface area contributed by atoms with E-state index in [0.717, 1.165) is 5.69 Å². The van der Waals surface area contributed by atoms with Crippen molar-refractivity contribution in [2.45, 2.75) is 12.5 Å². The summed E-state index contributed by atoms with van der Waals surface area (Å²) in [6.07, 6.45) is 3.15. The van der Waals surface area contributed by atoms with E-state index >= 15 is 0 Å². The molecule has 6 heteroatoms. The zero-order valence-electron chi connectivity index (χ0n) is 7.75. The van der Waals surface area contributed by atoms with Crippen LogP contribution in [0.3, 0.4) is 0 Å². The molecule has 2 aromatic rings. The van der Waals surface area contributed by atoms with Gasteiger partial charge in [0.15, 0.2) is 0 Å². The van der Waals surface area contributed by atoms with Crippen LogP contribution in [0.2, 0.25) is 0 Å². The maximum absolute atomic E-state index is 9.70. The molecule has 74 valence electrons. The van der Waals surface area contributed by atoms with Crippen molar-refractivity contribution >= 4 is 0 Å². The Balaban J connectivity index is 2.05. The van der Waals surface area contributed by atoms with E-state index in [-0.39, 0.29) is 0 Å². The van der Waals surface area contributed by atoms with Crippen LogP contribution in [0.25, 0.3) is 0 Å². The Labute approximate surface area is 80.6 Å². The maximum Gasteiger partial charge on any atom is 0.111 e. The van der Waals surface area contributed by atoms with E-state index < -0.39 is 6.10 Å². The van der Waals surface area contributed by atoms with Gasteiger partial charge >= 0.3 is 0 Å². The van der Waals surface area contributed by atoms with Crippen LogP contribution >= 0.6 is 0 Å². The quantitative estimate of drug-likeness (QED) is 0.708. The SMILES string of the molecule is Cn1ccc(CC(O)c2cn[nH]n2)n1. The largest absolute Gasteiger partial charge is 0.386 e. The predicted octanol–water partition coefficient (Wildman–Crippen LogP) is -0.186. The number of hydrogen-bond donors (Lipinski definition) is 2. The minimum atomic E-state index is -0.649. The van der Waals surface area contributed by atoms with Crippen molar-refractivity contribution in [3.63, 3.8) is 0 Å². The molecular formula is C8H11N5O. The molecule has 6 nitrogen and oxygen atoms in total. The van der Waals surface area contributed by atoms with E-state index in [0.29, 0.717) is 12.1 Å². The minimum absolute atomic E-state index is 0.452. The van der Waals surface area contributed by atoms with Gasteiger partial charge in [-0.05, 0) is 6.07 Å². The molecule has 0 aliphatic carbocycles. The first-order valence-corrected chi connectivity index (χ1v) is 4.28. The van der Waals surface area contributed by atoms with E-state index in [9.17, 15) is 5.11 Å². The number of rotatable bonds is 3. The third-order valence-electron chi connectivity index (χ3n) is 1.95. The van der Waals surface area contributed by atoms with Crippen LogP contribution in [-0.4, -0.2) is 30.3 Å². The van der Waals surface area contributed by atoms with Crippen molar-refractivity contribution in [2.24, 2.45) is 7.05 Å². The maximum atomic E-state index is 9.70. The van der Waals surface area contributed by atoms with Crippen molar-refractivity contribution in [3.05, 3.63) is 29.8 Å². The van der Waals surface area contributed by atoms with Crippen LogP contribution in [0.15, 0.2) is 18.5 Å². The Morgan fingerprint density at radius 2 is 2.50 bits per heavy atom. The van der Waals surface area contributed by atoms with Crippen molar-refractivity contribution in [2.75, 3.05) is 0 Å². The molecule has 0 spiro atoms. The van der Waals surface area contributed by atoms with Crippen LogP contribution in [0.5, 0.6) is 0 Å². The standard InChI is InChI=1S/C8H11N5O/c1-13-3-2-6(11-13)4-8(14)7-5-9-12-10-7/h2-3,5,8,14H,4H2,1H3,(H,9,10,12). The molecule has 0 aliphatic rings. The number of hydrogen-bond acceptors (Lipinski definition) is 4. The molecule has 2 heterocycles. The number of nitrogens with zero attached hydrogens (tertiary/aromatic N) is 4. The fourth-order valence-electron chi connectivity index (χ4n) is 1.25. The van der Waals surface area contributed by atoms with E-state index in [2.05, 4.69) is 20.5 Å². The summed E-state index contributed by atoms with van der Waals surface area (Å²) >= 11 is 0. The molecule has 0 radical (unpaired) electrons. The van der Waals surface area contributed by atoms with Crippen molar-refractivity contribution in [3.8, 4) is 0 Å². The van der Waals surface area contributed by atoms with Gasteiger partial charge in [-0.15, -0.1) is 0 Å². The number of nitrogens with one attached hydrogen (secondary N) is 1. The van der Waals surface area contributed by atoms with Gasteiger partial charge in [-0.25, -0.2) is 0 Å². The van der Waals surface area contributed by atoms with Gasteiger partial charge in [0.25, 0.3) is 0 Å². The molecule has 0 aromatic carbocycles. The van der Waals surface area contributed by atoms with Gasteiger partial charge in [-0.3, -0.25) is 4.68 Å². The molecule has 2 rings (SSSR count). The fraction of sp³-hybridized carbons (Fsp3) is 0.375. The van der Waals surface area contributed by atoms with Gasteiger partial charge in [0, 0.05) is 19.7 Å². The highest BCUT2D eigenvalue weighted by Crippen LogP contribution is 2.13. The van der Waals surface area contributed by atoms with Gasteiger partial charge in [0.1, 0.15) is 11.8 Å². The molecule has 0 aliphatic heterocycles. The van der Waals surface area contributed by atoms with Crippen LogP contribution in [0.4, 0.5) is 0 Å².